The zero-order chi connectivity index (χ0) is 18.6. The van der Waals surface area contributed by atoms with Crippen molar-refractivity contribution in [1.82, 2.24) is 19.7 Å². The van der Waals surface area contributed by atoms with Crippen molar-refractivity contribution in [2.24, 2.45) is 0 Å². The van der Waals surface area contributed by atoms with Gasteiger partial charge in [-0.1, -0.05) is 36.4 Å². The number of anilines is 2. The van der Waals surface area contributed by atoms with Crippen molar-refractivity contribution < 1.29 is 4.74 Å². The van der Waals surface area contributed by atoms with Gasteiger partial charge in [-0.15, -0.1) is 0 Å². The van der Waals surface area contributed by atoms with E-state index in [1.165, 1.54) is 5.56 Å². The van der Waals surface area contributed by atoms with E-state index < -0.39 is 0 Å². The summed E-state index contributed by atoms with van der Waals surface area (Å²) in [6.45, 7) is 2.66. The molecular formula is C21H21N5O. The monoisotopic (exact) mass is 359 g/mol. The molecule has 0 unspecified atom stereocenters. The van der Waals surface area contributed by atoms with E-state index in [1.54, 1.807) is 7.11 Å². The summed E-state index contributed by atoms with van der Waals surface area (Å²) in [5.74, 6) is 2.24. The molecule has 0 amide bonds. The Kier molecular flexibility index (Phi) is 4.70. The van der Waals surface area contributed by atoms with E-state index in [-0.39, 0.29) is 0 Å². The summed E-state index contributed by atoms with van der Waals surface area (Å²) in [6.07, 6.45) is 2.72. The highest BCUT2D eigenvalue weighted by atomic mass is 16.5. The van der Waals surface area contributed by atoms with Crippen molar-refractivity contribution >= 4 is 22.5 Å². The Morgan fingerprint density at radius 2 is 1.89 bits per heavy atom. The fraction of sp³-hybridized carbons (Fsp3) is 0.190. The predicted molar refractivity (Wildman–Crippen MR) is 106 cm³/mol. The number of fused-ring (bicyclic) bond motifs is 1. The molecule has 2 aromatic carbocycles. The van der Waals surface area contributed by atoms with Crippen molar-refractivity contribution in [3.05, 3.63) is 72.2 Å². The lowest BCUT2D eigenvalue weighted by molar-refractivity contribution is 0.415. The third kappa shape index (κ3) is 3.74. The fourth-order valence-electron chi connectivity index (χ4n) is 3.04. The summed E-state index contributed by atoms with van der Waals surface area (Å²) < 4.78 is 7.23. The Bertz CT molecular complexity index is 1060. The van der Waals surface area contributed by atoms with Crippen LogP contribution in [-0.4, -0.2) is 26.9 Å². The van der Waals surface area contributed by atoms with Crippen molar-refractivity contribution in [2.45, 2.75) is 19.9 Å². The molecule has 1 N–H and O–H groups in total. The topological polar surface area (TPSA) is 64.9 Å². The van der Waals surface area contributed by atoms with Gasteiger partial charge in [-0.25, -0.2) is 14.6 Å². The molecule has 0 radical (unpaired) electrons. The fourth-order valence-corrected chi connectivity index (χ4v) is 3.04. The number of ether oxygens (including phenoxy) is 1. The van der Waals surface area contributed by atoms with E-state index in [0.29, 0.717) is 5.82 Å². The number of hydrogen-bond donors (Lipinski definition) is 1. The van der Waals surface area contributed by atoms with Gasteiger partial charge in [-0.05, 0) is 31.0 Å². The van der Waals surface area contributed by atoms with Gasteiger partial charge in [0.05, 0.1) is 18.7 Å². The minimum absolute atomic E-state index is 0.703. The summed E-state index contributed by atoms with van der Waals surface area (Å²) in [5, 5.41) is 8.80. The van der Waals surface area contributed by atoms with Crippen LogP contribution in [0.2, 0.25) is 0 Å². The molecule has 6 nitrogen and oxygen atoms in total. The third-order valence-corrected chi connectivity index (χ3v) is 4.40. The van der Waals surface area contributed by atoms with E-state index >= 15 is 0 Å². The first kappa shape index (κ1) is 17.0. The molecule has 0 saturated heterocycles. The van der Waals surface area contributed by atoms with Crippen LogP contribution in [0.1, 0.15) is 11.4 Å². The second kappa shape index (κ2) is 7.45. The highest BCUT2D eigenvalue weighted by Gasteiger charge is 2.12. The van der Waals surface area contributed by atoms with E-state index in [2.05, 4.69) is 44.6 Å². The Hall–Kier alpha value is -3.41. The van der Waals surface area contributed by atoms with E-state index in [9.17, 15) is 0 Å². The normalized spacial score (nSPS) is 10.9. The van der Waals surface area contributed by atoms with Crippen LogP contribution in [0.5, 0.6) is 5.75 Å². The molecule has 136 valence electrons. The number of hydrogen-bond acceptors (Lipinski definition) is 5. The highest BCUT2D eigenvalue weighted by Crippen LogP contribution is 2.26. The maximum Gasteiger partial charge on any atom is 0.163 e. The third-order valence-electron chi connectivity index (χ3n) is 4.40. The summed E-state index contributed by atoms with van der Waals surface area (Å²) in [7, 11) is 1.66. The molecule has 0 bridgehead atoms. The Morgan fingerprint density at radius 3 is 2.70 bits per heavy atom. The van der Waals surface area contributed by atoms with Crippen LogP contribution in [0.4, 0.5) is 11.5 Å². The van der Waals surface area contributed by atoms with Crippen LogP contribution in [-0.2, 0) is 13.0 Å². The first-order valence-corrected chi connectivity index (χ1v) is 8.88. The second-order valence-corrected chi connectivity index (χ2v) is 6.32. The molecule has 2 heterocycles. The van der Waals surface area contributed by atoms with Crippen LogP contribution in [0.3, 0.4) is 0 Å². The summed E-state index contributed by atoms with van der Waals surface area (Å²) >= 11 is 0. The number of benzene rings is 2. The average Bonchev–Trinajstić information content (AvgIpc) is 3.10. The largest absolute Gasteiger partial charge is 0.497 e. The van der Waals surface area contributed by atoms with E-state index in [0.717, 1.165) is 41.3 Å². The summed E-state index contributed by atoms with van der Waals surface area (Å²) in [4.78, 5) is 9.18. The van der Waals surface area contributed by atoms with Crippen molar-refractivity contribution in [1.29, 1.82) is 0 Å². The maximum absolute atomic E-state index is 5.29. The zero-order valence-corrected chi connectivity index (χ0v) is 15.4. The molecule has 2 aromatic heterocycles. The first-order chi connectivity index (χ1) is 13.2. The van der Waals surface area contributed by atoms with E-state index in [4.69, 9.17) is 4.74 Å². The molecule has 0 aliphatic carbocycles. The second-order valence-electron chi connectivity index (χ2n) is 6.32. The number of rotatable bonds is 6. The average molecular weight is 359 g/mol. The molecule has 6 heteroatoms. The first-order valence-electron chi connectivity index (χ1n) is 8.88. The number of aromatic nitrogens is 4. The van der Waals surface area contributed by atoms with Crippen LogP contribution < -0.4 is 10.1 Å². The van der Waals surface area contributed by atoms with Crippen molar-refractivity contribution in [3.8, 4) is 5.75 Å². The molecule has 27 heavy (non-hydrogen) atoms. The molecule has 0 spiro atoms. The SMILES string of the molecule is COc1cccc(Nc2nc(C)nc3c2cnn3CCc2ccccc2)c1. The lowest BCUT2D eigenvalue weighted by Crippen LogP contribution is -2.05. The van der Waals surface area contributed by atoms with Gasteiger partial charge in [0.1, 0.15) is 17.4 Å². The van der Waals surface area contributed by atoms with E-state index in [1.807, 2.05) is 48.1 Å². The quantitative estimate of drug-likeness (QED) is 0.561. The molecule has 0 aliphatic rings. The number of nitrogens with zero attached hydrogens (tertiary/aromatic N) is 4. The van der Waals surface area contributed by atoms with Gasteiger partial charge >= 0.3 is 0 Å². The van der Waals surface area contributed by atoms with Crippen molar-refractivity contribution in [2.75, 3.05) is 12.4 Å². The van der Waals surface area contributed by atoms with Gasteiger partial charge in [-0.2, -0.15) is 5.10 Å². The minimum atomic E-state index is 0.703. The molecule has 4 rings (SSSR count). The lowest BCUT2D eigenvalue weighted by Gasteiger charge is -2.09. The number of nitrogens with one attached hydrogen (secondary N) is 1. The maximum atomic E-state index is 5.29. The number of aryl methyl sites for hydroxylation is 3. The lowest BCUT2D eigenvalue weighted by atomic mass is 10.1. The van der Waals surface area contributed by atoms with Crippen LogP contribution in [0, 0.1) is 6.92 Å². The Morgan fingerprint density at radius 1 is 1.04 bits per heavy atom. The molecule has 0 fully saturated rings. The summed E-state index contributed by atoms with van der Waals surface area (Å²) in [6, 6.07) is 18.2. The predicted octanol–water partition coefficient (Wildman–Crippen LogP) is 4.13. The van der Waals surface area contributed by atoms with Gasteiger partial charge in [0.25, 0.3) is 0 Å². The molecule has 4 aromatic rings. The van der Waals surface area contributed by atoms with Gasteiger partial charge < -0.3 is 10.1 Å². The van der Waals surface area contributed by atoms with Crippen LogP contribution in [0.25, 0.3) is 11.0 Å². The van der Waals surface area contributed by atoms with Gasteiger partial charge in [0.2, 0.25) is 0 Å². The van der Waals surface area contributed by atoms with Gasteiger partial charge in [0, 0.05) is 18.3 Å². The molecule has 0 atom stereocenters. The Labute approximate surface area is 157 Å². The standard InChI is InChI=1S/C21H21N5O/c1-15-23-20(25-17-9-6-10-18(13-17)27-2)19-14-22-26(21(19)24-15)12-11-16-7-4-3-5-8-16/h3-10,13-14H,11-12H2,1-2H3,(H,23,24,25). The van der Waals surface area contributed by atoms with Crippen LogP contribution >= 0.6 is 0 Å². The van der Waals surface area contributed by atoms with Crippen molar-refractivity contribution in [3.63, 3.8) is 0 Å². The molecule has 0 aliphatic heterocycles. The van der Waals surface area contributed by atoms with Crippen LogP contribution in [0.15, 0.2) is 60.8 Å². The highest BCUT2D eigenvalue weighted by molar-refractivity contribution is 5.88. The smallest absolute Gasteiger partial charge is 0.163 e. The number of methoxy groups -OCH3 is 1. The minimum Gasteiger partial charge on any atom is -0.497 e. The summed E-state index contributed by atoms with van der Waals surface area (Å²) in [5.41, 5.74) is 3.02. The molecular weight excluding hydrogens is 338 g/mol. The van der Waals surface area contributed by atoms with Gasteiger partial charge in [-0.3, -0.25) is 0 Å². The molecule has 0 saturated carbocycles. The van der Waals surface area contributed by atoms with Gasteiger partial charge in [0.15, 0.2) is 5.65 Å². The Balaban J connectivity index is 1.63. The zero-order valence-electron chi connectivity index (χ0n) is 15.4.